The molecule has 0 saturated heterocycles. The fourth-order valence-corrected chi connectivity index (χ4v) is 2.92. The van der Waals surface area contributed by atoms with Gasteiger partial charge < -0.3 is 10.4 Å². The van der Waals surface area contributed by atoms with Crippen LogP contribution in [0.1, 0.15) is 13.8 Å². The molecular weight excluding hydrogens is 308 g/mol. The van der Waals surface area contributed by atoms with E-state index in [2.05, 4.69) is 5.32 Å². The maximum absolute atomic E-state index is 13.3. The van der Waals surface area contributed by atoms with Crippen LogP contribution in [0.3, 0.4) is 0 Å². The van der Waals surface area contributed by atoms with Gasteiger partial charge in [-0.3, -0.25) is 9.59 Å². The third-order valence-corrected chi connectivity index (χ3v) is 4.18. The standard InChI is InChI=1S/C13H12Cl2FNO3/c1-13(2)8(9(13)12(19)20)11(18)17-5-3-6(14)10(16)7(15)4-5/h3-4,8-9H,1-2H3,(H,17,18)(H,19,20)/t8-,9+/m1/s1. The fourth-order valence-electron chi connectivity index (χ4n) is 2.44. The lowest BCUT2D eigenvalue weighted by Gasteiger charge is -2.08. The zero-order valence-electron chi connectivity index (χ0n) is 10.7. The molecule has 2 rings (SSSR count). The van der Waals surface area contributed by atoms with Crippen LogP contribution in [-0.4, -0.2) is 17.0 Å². The number of carbonyl (C=O) groups excluding carboxylic acids is 1. The van der Waals surface area contributed by atoms with Gasteiger partial charge in [-0.2, -0.15) is 0 Å². The Hall–Kier alpha value is -1.33. The van der Waals surface area contributed by atoms with E-state index in [1.807, 2.05) is 0 Å². The van der Waals surface area contributed by atoms with Crippen LogP contribution in [0, 0.1) is 23.1 Å². The number of halogens is 3. The maximum Gasteiger partial charge on any atom is 0.307 e. The molecule has 1 amide bonds. The quantitative estimate of drug-likeness (QED) is 0.839. The van der Waals surface area contributed by atoms with Gasteiger partial charge in [0.05, 0.1) is 21.9 Å². The smallest absolute Gasteiger partial charge is 0.307 e. The van der Waals surface area contributed by atoms with Crippen molar-refractivity contribution in [3.63, 3.8) is 0 Å². The van der Waals surface area contributed by atoms with E-state index in [1.54, 1.807) is 13.8 Å². The molecule has 0 bridgehead atoms. The lowest BCUT2D eigenvalue weighted by Crippen LogP contribution is -2.17. The van der Waals surface area contributed by atoms with Gasteiger partial charge in [0.25, 0.3) is 0 Å². The normalized spacial score (nSPS) is 23.2. The summed E-state index contributed by atoms with van der Waals surface area (Å²) in [4.78, 5) is 23.1. The van der Waals surface area contributed by atoms with Gasteiger partial charge in [0.2, 0.25) is 5.91 Å². The highest BCUT2D eigenvalue weighted by Crippen LogP contribution is 2.58. The first kappa shape index (κ1) is 15.1. The SMILES string of the molecule is CC1(C)[C@H](C(=O)O)[C@@H]1C(=O)Nc1cc(Cl)c(F)c(Cl)c1. The van der Waals surface area contributed by atoms with Crippen molar-refractivity contribution in [1.82, 2.24) is 0 Å². The number of hydrogen-bond acceptors (Lipinski definition) is 2. The van der Waals surface area contributed by atoms with Crippen molar-refractivity contribution in [2.24, 2.45) is 17.3 Å². The van der Waals surface area contributed by atoms with Gasteiger partial charge >= 0.3 is 5.97 Å². The van der Waals surface area contributed by atoms with Crippen molar-refractivity contribution in [1.29, 1.82) is 0 Å². The summed E-state index contributed by atoms with van der Waals surface area (Å²) < 4.78 is 13.3. The minimum atomic E-state index is -1.01. The van der Waals surface area contributed by atoms with Crippen LogP contribution >= 0.6 is 23.2 Å². The summed E-state index contributed by atoms with van der Waals surface area (Å²) in [6.07, 6.45) is 0. The number of nitrogens with one attached hydrogen (secondary N) is 1. The summed E-state index contributed by atoms with van der Waals surface area (Å²) in [6, 6.07) is 2.46. The summed E-state index contributed by atoms with van der Waals surface area (Å²) >= 11 is 11.3. The minimum Gasteiger partial charge on any atom is -0.481 e. The van der Waals surface area contributed by atoms with E-state index >= 15 is 0 Å². The first-order valence-corrected chi connectivity index (χ1v) is 6.60. The molecule has 4 nitrogen and oxygen atoms in total. The van der Waals surface area contributed by atoms with E-state index in [9.17, 15) is 14.0 Å². The summed E-state index contributed by atoms with van der Waals surface area (Å²) in [6.45, 7) is 3.42. The van der Waals surface area contributed by atoms with E-state index in [0.29, 0.717) is 0 Å². The molecule has 0 aromatic heterocycles. The van der Waals surface area contributed by atoms with Crippen molar-refractivity contribution in [2.75, 3.05) is 5.32 Å². The van der Waals surface area contributed by atoms with Crippen molar-refractivity contribution >= 4 is 40.8 Å². The zero-order valence-corrected chi connectivity index (χ0v) is 12.2. The molecule has 0 heterocycles. The summed E-state index contributed by atoms with van der Waals surface area (Å²) in [7, 11) is 0. The molecule has 108 valence electrons. The molecule has 2 N–H and O–H groups in total. The topological polar surface area (TPSA) is 66.4 Å². The number of rotatable bonds is 3. The van der Waals surface area contributed by atoms with Gasteiger partial charge in [0.1, 0.15) is 0 Å². The van der Waals surface area contributed by atoms with Crippen molar-refractivity contribution in [2.45, 2.75) is 13.8 Å². The van der Waals surface area contributed by atoms with Gasteiger partial charge in [0.15, 0.2) is 5.82 Å². The van der Waals surface area contributed by atoms with Gasteiger partial charge in [0, 0.05) is 5.69 Å². The Morgan fingerprint density at radius 2 is 1.75 bits per heavy atom. The predicted octanol–water partition coefficient (Wildman–Crippen LogP) is 3.43. The average Bonchev–Trinajstić information content (AvgIpc) is 2.89. The summed E-state index contributed by atoms with van der Waals surface area (Å²) in [5.41, 5.74) is -0.373. The van der Waals surface area contributed by atoms with Crippen LogP contribution in [0.2, 0.25) is 10.0 Å². The number of amides is 1. The van der Waals surface area contributed by atoms with Crippen LogP contribution in [-0.2, 0) is 9.59 Å². The first-order chi connectivity index (χ1) is 9.16. The number of carboxylic acids is 1. The number of aliphatic carboxylic acids is 1. The molecule has 0 aliphatic heterocycles. The van der Waals surface area contributed by atoms with E-state index in [-0.39, 0.29) is 15.7 Å². The van der Waals surface area contributed by atoms with Gasteiger partial charge in [-0.1, -0.05) is 37.0 Å². The molecule has 1 fully saturated rings. The van der Waals surface area contributed by atoms with Crippen molar-refractivity contribution in [3.8, 4) is 0 Å². The predicted molar refractivity (Wildman–Crippen MR) is 73.4 cm³/mol. The number of hydrogen-bond donors (Lipinski definition) is 2. The van der Waals surface area contributed by atoms with Crippen LogP contribution in [0.15, 0.2) is 12.1 Å². The van der Waals surface area contributed by atoms with Crippen LogP contribution in [0.25, 0.3) is 0 Å². The van der Waals surface area contributed by atoms with E-state index in [0.717, 1.165) is 0 Å². The second-order valence-electron chi connectivity index (χ2n) is 5.36. The molecule has 0 unspecified atom stereocenters. The minimum absolute atomic E-state index is 0.211. The lowest BCUT2D eigenvalue weighted by atomic mass is 10.1. The van der Waals surface area contributed by atoms with Crippen LogP contribution < -0.4 is 5.32 Å². The summed E-state index contributed by atoms with van der Waals surface area (Å²) in [5, 5.41) is 11.1. The molecular formula is C13H12Cl2FNO3. The largest absolute Gasteiger partial charge is 0.481 e. The highest BCUT2D eigenvalue weighted by atomic mass is 35.5. The number of benzene rings is 1. The zero-order chi connectivity index (χ0) is 15.2. The molecule has 1 aromatic rings. The Bertz CT molecular complexity index is 580. The molecule has 1 aromatic carbocycles. The van der Waals surface area contributed by atoms with E-state index < -0.39 is 34.9 Å². The summed E-state index contributed by atoms with van der Waals surface area (Å²) in [5.74, 6) is -3.58. The van der Waals surface area contributed by atoms with E-state index in [1.165, 1.54) is 12.1 Å². The van der Waals surface area contributed by atoms with Crippen molar-refractivity contribution in [3.05, 3.63) is 28.0 Å². The molecule has 1 aliphatic carbocycles. The second-order valence-corrected chi connectivity index (χ2v) is 6.17. The Kier molecular flexibility index (Phi) is 3.69. The number of carbonyl (C=O) groups is 2. The molecule has 2 atom stereocenters. The molecule has 1 aliphatic rings. The molecule has 0 spiro atoms. The van der Waals surface area contributed by atoms with Crippen molar-refractivity contribution < 1.29 is 19.1 Å². The Labute approximate surface area is 124 Å². The fraction of sp³-hybridized carbons (Fsp3) is 0.385. The maximum atomic E-state index is 13.3. The van der Waals surface area contributed by atoms with E-state index in [4.69, 9.17) is 28.3 Å². The number of anilines is 1. The third kappa shape index (κ3) is 2.47. The van der Waals surface area contributed by atoms with Gasteiger partial charge in [-0.15, -0.1) is 0 Å². The second kappa shape index (κ2) is 4.90. The van der Waals surface area contributed by atoms with Gasteiger partial charge in [-0.25, -0.2) is 4.39 Å². The molecule has 20 heavy (non-hydrogen) atoms. The third-order valence-electron chi connectivity index (χ3n) is 3.63. The Morgan fingerprint density at radius 1 is 1.25 bits per heavy atom. The van der Waals surface area contributed by atoms with Crippen LogP contribution in [0.5, 0.6) is 0 Å². The monoisotopic (exact) mass is 319 g/mol. The highest BCUT2D eigenvalue weighted by molar-refractivity contribution is 6.35. The van der Waals surface area contributed by atoms with Gasteiger partial charge in [-0.05, 0) is 17.5 Å². The average molecular weight is 320 g/mol. The highest BCUT2D eigenvalue weighted by Gasteiger charge is 2.65. The van der Waals surface area contributed by atoms with Crippen LogP contribution in [0.4, 0.5) is 10.1 Å². The Balaban J connectivity index is 2.16. The Morgan fingerprint density at radius 3 is 2.15 bits per heavy atom. The molecule has 0 radical (unpaired) electrons. The lowest BCUT2D eigenvalue weighted by molar-refractivity contribution is -0.140. The number of carboxylic acid groups (broad SMARTS) is 1. The first-order valence-electron chi connectivity index (χ1n) is 5.84. The molecule has 1 saturated carbocycles. The molecule has 7 heteroatoms.